The summed E-state index contributed by atoms with van der Waals surface area (Å²) < 4.78 is 13.5. The molecular formula is C26H24Cl2FN3O2. The maximum absolute atomic E-state index is 13.5. The van der Waals surface area contributed by atoms with Gasteiger partial charge >= 0.3 is 0 Å². The molecular weight excluding hydrogens is 476 g/mol. The normalized spacial score (nSPS) is 13.4. The van der Waals surface area contributed by atoms with Crippen LogP contribution in [0.25, 0.3) is 0 Å². The zero-order valence-electron chi connectivity index (χ0n) is 18.6. The van der Waals surface area contributed by atoms with Crippen LogP contribution >= 0.6 is 23.2 Å². The molecule has 34 heavy (non-hydrogen) atoms. The van der Waals surface area contributed by atoms with Crippen LogP contribution in [0.4, 0.5) is 10.1 Å². The van der Waals surface area contributed by atoms with Gasteiger partial charge in [-0.2, -0.15) is 0 Å². The summed E-state index contributed by atoms with van der Waals surface area (Å²) in [5.41, 5.74) is 3.77. The van der Waals surface area contributed by atoms with E-state index in [9.17, 15) is 14.0 Å². The zero-order chi connectivity index (χ0) is 24.2. The van der Waals surface area contributed by atoms with Crippen molar-refractivity contribution in [2.75, 3.05) is 24.5 Å². The molecule has 0 saturated carbocycles. The van der Waals surface area contributed by atoms with E-state index in [0.717, 1.165) is 29.8 Å². The highest BCUT2D eigenvalue weighted by Crippen LogP contribution is 2.29. The van der Waals surface area contributed by atoms with Crippen molar-refractivity contribution in [1.82, 2.24) is 10.6 Å². The minimum absolute atomic E-state index is 0.249. The number of amides is 2. The molecule has 3 aromatic rings. The van der Waals surface area contributed by atoms with Crippen LogP contribution in [-0.2, 0) is 11.2 Å². The van der Waals surface area contributed by atoms with Crippen molar-refractivity contribution < 1.29 is 14.0 Å². The second kappa shape index (κ2) is 10.5. The van der Waals surface area contributed by atoms with Crippen LogP contribution in [0, 0.1) is 12.7 Å². The lowest BCUT2D eigenvalue weighted by Gasteiger charge is -2.23. The minimum atomic E-state index is -1.00. The van der Waals surface area contributed by atoms with E-state index < -0.39 is 6.04 Å². The molecule has 1 atom stereocenters. The fraction of sp³-hybridized carbons (Fsp3) is 0.231. The molecule has 0 radical (unpaired) electrons. The number of carbonyl (C=O) groups excluding carboxylic acids is 2. The predicted octanol–water partition coefficient (Wildman–Crippen LogP) is 5.09. The zero-order valence-corrected chi connectivity index (χ0v) is 20.1. The summed E-state index contributed by atoms with van der Waals surface area (Å²) in [5.74, 6) is -1.02. The molecule has 2 amide bonds. The number of benzene rings is 3. The summed E-state index contributed by atoms with van der Waals surface area (Å²) in [7, 11) is 0. The molecule has 0 spiro atoms. The lowest BCUT2D eigenvalue weighted by Crippen LogP contribution is -2.43. The van der Waals surface area contributed by atoms with Gasteiger partial charge in [0, 0.05) is 46.5 Å². The summed E-state index contributed by atoms with van der Waals surface area (Å²) in [5, 5.41) is 6.42. The number of carbonyl (C=O) groups is 2. The topological polar surface area (TPSA) is 61.4 Å². The minimum Gasteiger partial charge on any atom is -0.369 e. The molecule has 0 unspecified atom stereocenters. The molecule has 4 rings (SSSR count). The SMILES string of the molecule is Cc1cccc(C(=O)N[C@@H](C(=O)NCCN2CCc3cc(F)ccc32)c2ccc(Cl)cc2Cl)c1. The van der Waals surface area contributed by atoms with Crippen LogP contribution in [-0.4, -0.2) is 31.4 Å². The van der Waals surface area contributed by atoms with Gasteiger partial charge in [0.05, 0.1) is 0 Å². The van der Waals surface area contributed by atoms with Gasteiger partial charge in [-0.3, -0.25) is 9.59 Å². The maximum atomic E-state index is 13.5. The second-order valence-corrected chi connectivity index (χ2v) is 9.09. The van der Waals surface area contributed by atoms with Gasteiger partial charge in [0.25, 0.3) is 5.91 Å². The Bertz CT molecular complexity index is 1230. The molecule has 8 heteroatoms. The molecule has 1 aliphatic rings. The first kappa shape index (κ1) is 24.0. The highest BCUT2D eigenvalue weighted by Gasteiger charge is 2.26. The van der Waals surface area contributed by atoms with Crippen molar-refractivity contribution in [3.8, 4) is 0 Å². The van der Waals surface area contributed by atoms with E-state index in [1.54, 1.807) is 42.5 Å². The Morgan fingerprint density at radius 2 is 1.91 bits per heavy atom. The van der Waals surface area contributed by atoms with Crippen LogP contribution in [0.2, 0.25) is 10.0 Å². The Labute approximate surface area is 207 Å². The summed E-state index contributed by atoms with van der Waals surface area (Å²) in [6.07, 6.45) is 0.761. The van der Waals surface area contributed by atoms with Gasteiger partial charge in [0.15, 0.2) is 0 Å². The third-order valence-electron chi connectivity index (χ3n) is 5.81. The second-order valence-electron chi connectivity index (χ2n) is 8.24. The number of nitrogens with zero attached hydrogens (tertiary/aromatic N) is 1. The monoisotopic (exact) mass is 499 g/mol. The van der Waals surface area contributed by atoms with Crippen molar-refractivity contribution in [2.24, 2.45) is 0 Å². The van der Waals surface area contributed by atoms with Gasteiger partial charge in [-0.15, -0.1) is 0 Å². The molecule has 0 aliphatic carbocycles. The Morgan fingerprint density at radius 3 is 2.68 bits per heavy atom. The van der Waals surface area contributed by atoms with Crippen LogP contribution < -0.4 is 15.5 Å². The van der Waals surface area contributed by atoms with Crippen LogP contribution in [0.3, 0.4) is 0 Å². The van der Waals surface area contributed by atoms with E-state index in [-0.39, 0.29) is 22.7 Å². The van der Waals surface area contributed by atoms with Crippen LogP contribution in [0.1, 0.15) is 33.1 Å². The van der Waals surface area contributed by atoms with Gasteiger partial charge in [-0.25, -0.2) is 4.39 Å². The smallest absolute Gasteiger partial charge is 0.252 e. The fourth-order valence-corrected chi connectivity index (χ4v) is 4.63. The molecule has 0 fully saturated rings. The van der Waals surface area contributed by atoms with Gasteiger partial charge in [-0.05, 0) is 61.4 Å². The Kier molecular flexibility index (Phi) is 7.39. The van der Waals surface area contributed by atoms with Crippen molar-refractivity contribution in [3.63, 3.8) is 0 Å². The number of anilines is 1. The molecule has 176 valence electrons. The maximum Gasteiger partial charge on any atom is 0.252 e. The molecule has 5 nitrogen and oxygen atoms in total. The number of hydrogen-bond acceptors (Lipinski definition) is 3. The number of nitrogens with one attached hydrogen (secondary N) is 2. The highest BCUT2D eigenvalue weighted by molar-refractivity contribution is 6.35. The average Bonchev–Trinajstić information content (AvgIpc) is 3.19. The summed E-state index contributed by atoms with van der Waals surface area (Å²) in [6, 6.07) is 15.7. The summed E-state index contributed by atoms with van der Waals surface area (Å²) in [6.45, 7) is 3.54. The average molecular weight is 500 g/mol. The van der Waals surface area contributed by atoms with E-state index in [4.69, 9.17) is 23.2 Å². The third-order valence-corrected chi connectivity index (χ3v) is 6.37. The molecule has 2 N–H and O–H groups in total. The lowest BCUT2D eigenvalue weighted by atomic mass is 10.0. The number of halogens is 3. The largest absolute Gasteiger partial charge is 0.369 e. The highest BCUT2D eigenvalue weighted by atomic mass is 35.5. The summed E-state index contributed by atoms with van der Waals surface area (Å²) in [4.78, 5) is 28.2. The molecule has 3 aromatic carbocycles. The lowest BCUT2D eigenvalue weighted by molar-refractivity contribution is -0.123. The van der Waals surface area contributed by atoms with E-state index in [1.807, 2.05) is 13.0 Å². The molecule has 0 saturated heterocycles. The van der Waals surface area contributed by atoms with Gasteiger partial charge in [0.1, 0.15) is 11.9 Å². The Hall–Kier alpha value is -3.09. The van der Waals surface area contributed by atoms with E-state index in [1.165, 1.54) is 12.1 Å². The molecule has 1 heterocycles. The Balaban J connectivity index is 1.47. The third kappa shape index (κ3) is 5.51. The number of rotatable bonds is 7. The van der Waals surface area contributed by atoms with Crippen molar-refractivity contribution in [3.05, 3.63) is 98.8 Å². The number of fused-ring (bicyclic) bond motifs is 1. The molecule has 0 aromatic heterocycles. The van der Waals surface area contributed by atoms with E-state index in [0.29, 0.717) is 29.2 Å². The first-order valence-corrected chi connectivity index (χ1v) is 11.7. The van der Waals surface area contributed by atoms with Crippen molar-refractivity contribution in [2.45, 2.75) is 19.4 Å². The fourth-order valence-electron chi connectivity index (χ4n) is 4.11. The van der Waals surface area contributed by atoms with Gasteiger partial charge in [0.2, 0.25) is 5.91 Å². The number of aryl methyl sites for hydroxylation is 1. The first-order chi connectivity index (χ1) is 16.3. The van der Waals surface area contributed by atoms with Gasteiger partial charge in [-0.1, -0.05) is 47.0 Å². The Morgan fingerprint density at radius 1 is 1.09 bits per heavy atom. The molecule has 0 bridgehead atoms. The number of hydrogen-bond donors (Lipinski definition) is 2. The van der Waals surface area contributed by atoms with Crippen LogP contribution in [0.15, 0.2) is 60.7 Å². The quantitative estimate of drug-likeness (QED) is 0.475. The first-order valence-electron chi connectivity index (χ1n) is 11.0. The molecule has 1 aliphatic heterocycles. The van der Waals surface area contributed by atoms with Crippen LogP contribution in [0.5, 0.6) is 0 Å². The van der Waals surface area contributed by atoms with Crippen molar-refractivity contribution >= 4 is 40.7 Å². The predicted molar refractivity (Wildman–Crippen MR) is 133 cm³/mol. The van der Waals surface area contributed by atoms with E-state index in [2.05, 4.69) is 15.5 Å². The summed E-state index contributed by atoms with van der Waals surface area (Å²) >= 11 is 12.4. The van der Waals surface area contributed by atoms with Crippen molar-refractivity contribution in [1.29, 1.82) is 0 Å². The van der Waals surface area contributed by atoms with Gasteiger partial charge < -0.3 is 15.5 Å². The van der Waals surface area contributed by atoms with E-state index >= 15 is 0 Å². The standard InChI is InChI=1S/C26H24Cl2FN3O2/c1-16-3-2-4-18(13-16)25(33)31-24(21-7-5-19(27)15-22(21)28)26(34)30-10-12-32-11-9-17-14-20(29)6-8-23(17)32/h2-8,13-15,24H,9-12H2,1H3,(H,30,34)(H,31,33)/t24-/m1/s1.